The molecule has 6 heteroatoms. The molecular weight excluding hydrogens is 378 g/mol. The number of nitrogens with one attached hydrogen (secondary N) is 2. The number of hydrogen-bond acceptors (Lipinski definition) is 4. The lowest BCUT2D eigenvalue weighted by atomic mass is 9.73. The van der Waals surface area contributed by atoms with Crippen molar-refractivity contribution < 1.29 is 14.4 Å². The van der Waals surface area contributed by atoms with E-state index in [0.29, 0.717) is 24.4 Å². The summed E-state index contributed by atoms with van der Waals surface area (Å²) in [4.78, 5) is 38.1. The highest BCUT2D eigenvalue weighted by Crippen LogP contribution is 2.40. The molecule has 1 aromatic rings. The SMILES string of the molecule is CC.CC1(C)CC(c2ccc3c(c2)CN(C2CCC(=O)NC2=O)C3=O)CC(C)(C)N1. The molecule has 3 heterocycles. The van der Waals surface area contributed by atoms with Gasteiger partial charge in [0.05, 0.1) is 0 Å². The number of carbonyl (C=O) groups is 3. The van der Waals surface area contributed by atoms with Gasteiger partial charge in [-0.05, 0) is 70.1 Å². The molecule has 3 amide bonds. The quantitative estimate of drug-likeness (QED) is 0.728. The molecular formula is C24H35N3O3. The summed E-state index contributed by atoms with van der Waals surface area (Å²) in [5.74, 6) is -0.304. The number of nitrogens with zero attached hydrogens (tertiary/aromatic N) is 1. The summed E-state index contributed by atoms with van der Waals surface area (Å²) in [5.41, 5.74) is 3.04. The van der Waals surface area contributed by atoms with E-state index in [0.717, 1.165) is 18.4 Å². The van der Waals surface area contributed by atoms with E-state index in [1.54, 1.807) is 4.90 Å². The third kappa shape index (κ3) is 4.43. The molecule has 6 nitrogen and oxygen atoms in total. The largest absolute Gasteiger partial charge is 0.322 e. The molecule has 1 unspecified atom stereocenters. The smallest absolute Gasteiger partial charge is 0.255 e. The second-order valence-corrected chi connectivity index (χ2v) is 9.81. The van der Waals surface area contributed by atoms with E-state index in [-0.39, 0.29) is 35.2 Å². The molecule has 0 aromatic heterocycles. The van der Waals surface area contributed by atoms with Crippen LogP contribution in [0.4, 0.5) is 0 Å². The summed E-state index contributed by atoms with van der Waals surface area (Å²) in [6, 6.07) is 5.59. The number of hydrogen-bond donors (Lipinski definition) is 2. The first-order valence-corrected chi connectivity index (χ1v) is 11.1. The lowest BCUT2D eigenvalue weighted by Crippen LogP contribution is -2.57. The van der Waals surface area contributed by atoms with Crippen molar-refractivity contribution in [1.29, 1.82) is 0 Å². The molecule has 3 aliphatic rings. The summed E-state index contributed by atoms with van der Waals surface area (Å²) in [7, 11) is 0. The Morgan fingerprint density at radius 2 is 1.63 bits per heavy atom. The van der Waals surface area contributed by atoms with Crippen molar-refractivity contribution in [3.63, 3.8) is 0 Å². The average molecular weight is 414 g/mol. The summed E-state index contributed by atoms with van der Waals surface area (Å²) >= 11 is 0. The Labute approximate surface area is 179 Å². The van der Waals surface area contributed by atoms with Gasteiger partial charge in [0.25, 0.3) is 5.91 Å². The fourth-order valence-electron chi connectivity index (χ4n) is 5.41. The van der Waals surface area contributed by atoms with Crippen molar-refractivity contribution >= 4 is 17.7 Å². The molecule has 0 saturated carbocycles. The van der Waals surface area contributed by atoms with Crippen LogP contribution in [0.5, 0.6) is 0 Å². The van der Waals surface area contributed by atoms with Crippen LogP contribution in [0, 0.1) is 0 Å². The minimum atomic E-state index is -0.558. The summed E-state index contributed by atoms with van der Waals surface area (Å²) < 4.78 is 0. The van der Waals surface area contributed by atoms with Crippen LogP contribution in [0.15, 0.2) is 18.2 Å². The molecule has 2 fully saturated rings. The van der Waals surface area contributed by atoms with Gasteiger partial charge in [0, 0.05) is 29.6 Å². The summed E-state index contributed by atoms with van der Waals surface area (Å²) in [6.45, 7) is 13.4. The predicted molar refractivity (Wildman–Crippen MR) is 117 cm³/mol. The van der Waals surface area contributed by atoms with Crippen molar-refractivity contribution in [3.8, 4) is 0 Å². The Bertz CT molecular complexity index is 843. The number of fused-ring (bicyclic) bond motifs is 1. The van der Waals surface area contributed by atoms with Crippen molar-refractivity contribution in [2.24, 2.45) is 0 Å². The maximum atomic E-state index is 12.9. The Morgan fingerprint density at radius 3 is 2.23 bits per heavy atom. The fourth-order valence-corrected chi connectivity index (χ4v) is 5.41. The number of imide groups is 1. The minimum Gasteiger partial charge on any atom is -0.322 e. The molecule has 4 rings (SSSR count). The second-order valence-electron chi connectivity index (χ2n) is 9.81. The van der Waals surface area contributed by atoms with Crippen molar-refractivity contribution in [1.82, 2.24) is 15.5 Å². The van der Waals surface area contributed by atoms with Crippen LogP contribution in [0.25, 0.3) is 0 Å². The van der Waals surface area contributed by atoms with Gasteiger partial charge in [-0.2, -0.15) is 0 Å². The molecule has 3 aliphatic heterocycles. The van der Waals surface area contributed by atoms with E-state index in [9.17, 15) is 14.4 Å². The Balaban J connectivity index is 0.00000124. The zero-order valence-electron chi connectivity index (χ0n) is 19.1. The molecule has 164 valence electrons. The van der Waals surface area contributed by atoms with E-state index >= 15 is 0 Å². The minimum absolute atomic E-state index is 0.0556. The lowest BCUT2D eigenvalue weighted by Gasteiger charge is -2.46. The van der Waals surface area contributed by atoms with Crippen molar-refractivity contribution in [3.05, 3.63) is 34.9 Å². The van der Waals surface area contributed by atoms with E-state index in [1.165, 1.54) is 5.56 Å². The predicted octanol–water partition coefficient (Wildman–Crippen LogP) is 3.50. The van der Waals surface area contributed by atoms with Gasteiger partial charge >= 0.3 is 0 Å². The standard InChI is InChI=1S/C22H29N3O3.C2H6/c1-21(2)10-15(11-22(3,4)24-21)13-5-6-16-14(9-13)12-25(20(16)28)17-7-8-18(26)23-19(17)27;1-2/h5-6,9,15,17,24H,7-8,10-12H2,1-4H3,(H,23,26,27);1-2H3. The molecule has 2 saturated heterocycles. The summed E-state index contributed by atoms with van der Waals surface area (Å²) in [5, 5.41) is 6.07. The van der Waals surface area contributed by atoms with Gasteiger partial charge in [0.2, 0.25) is 11.8 Å². The highest BCUT2D eigenvalue weighted by Gasteiger charge is 2.41. The first kappa shape index (κ1) is 22.5. The zero-order valence-corrected chi connectivity index (χ0v) is 19.1. The van der Waals surface area contributed by atoms with Crippen LogP contribution in [-0.4, -0.2) is 39.7 Å². The van der Waals surface area contributed by atoms with E-state index in [1.807, 2.05) is 19.9 Å². The number of amides is 3. The lowest BCUT2D eigenvalue weighted by molar-refractivity contribution is -0.136. The first-order chi connectivity index (χ1) is 14.0. The summed E-state index contributed by atoms with van der Waals surface area (Å²) in [6.07, 6.45) is 2.76. The first-order valence-electron chi connectivity index (χ1n) is 11.1. The van der Waals surface area contributed by atoms with E-state index in [2.05, 4.69) is 50.5 Å². The molecule has 30 heavy (non-hydrogen) atoms. The normalized spacial score (nSPS) is 25.3. The Kier molecular flexibility index (Phi) is 6.10. The van der Waals surface area contributed by atoms with Crippen LogP contribution < -0.4 is 10.6 Å². The van der Waals surface area contributed by atoms with Crippen LogP contribution in [0.1, 0.15) is 94.6 Å². The van der Waals surface area contributed by atoms with Gasteiger partial charge in [0.1, 0.15) is 6.04 Å². The Morgan fingerprint density at radius 1 is 1.00 bits per heavy atom. The number of carbonyl (C=O) groups excluding carboxylic acids is 3. The van der Waals surface area contributed by atoms with Gasteiger partial charge in [-0.15, -0.1) is 0 Å². The van der Waals surface area contributed by atoms with Gasteiger partial charge < -0.3 is 10.2 Å². The molecule has 0 bridgehead atoms. The van der Waals surface area contributed by atoms with Gasteiger partial charge in [-0.3, -0.25) is 19.7 Å². The molecule has 1 aromatic carbocycles. The average Bonchev–Trinajstić information content (AvgIpc) is 2.97. The van der Waals surface area contributed by atoms with E-state index in [4.69, 9.17) is 0 Å². The van der Waals surface area contributed by atoms with Gasteiger partial charge in [-0.25, -0.2) is 0 Å². The maximum Gasteiger partial charge on any atom is 0.255 e. The number of rotatable bonds is 2. The topological polar surface area (TPSA) is 78.5 Å². The third-order valence-corrected chi connectivity index (χ3v) is 6.21. The fraction of sp³-hybridized carbons (Fsp3) is 0.625. The van der Waals surface area contributed by atoms with E-state index < -0.39 is 6.04 Å². The molecule has 0 spiro atoms. The van der Waals surface area contributed by atoms with Crippen molar-refractivity contribution in [2.75, 3.05) is 0 Å². The van der Waals surface area contributed by atoms with Crippen LogP contribution in [-0.2, 0) is 16.1 Å². The Hall–Kier alpha value is -2.21. The van der Waals surface area contributed by atoms with Gasteiger partial charge in [-0.1, -0.05) is 26.0 Å². The molecule has 2 N–H and O–H groups in total. The highest BCUT2D eigenvalue weighted by atomic mass is 16.2. The number of benzene rings is 1. The zero-order chi connectivity index (χ0) is 22.3. The maximum absolute atomic E-state index is 12.9. The monoisotopic (exact) mass is 413 g/mol. The second kappa shape index (κ2) is 8.14. The van der Waals surface area contributed by atoms with Crippen LogP contribution >= 0.6 is 0 Å². The molecule has 0 radical (unpaired) electrons. The highest BCUT2D eigenvalue weighted by molar-refractivity contribution is 6.05. The van der Waals surface area contributed by atoms with Crippen LogP contribution in [0.3, 0.4) is 0 Å². The number of piperidine rings is 2. The van der Waals surface area contributed by atoms with Gasteiger partial charge in [0.15, 0.2) is 0 Å². The molecule has 0 aliphatic carbocycles. The third-order valence-electron chi connectivity index (χ3n) is 6.21. The van der Waals surface area contributed by atoms with Crippen LogP contribution in [0.2, 0.25) is 0 Å². The molecule has 1 atom stereocenters. The van der Waals surface area contributed by atoms with Crippen molar-refractivity contribution in [2.45, 2.75) is 96.8 Å².